The number of nitrogens with one attached hydrogen (secondary N) is 1. The molecule has 2 rings (SSSR count). The van der Waals surface area contributed by atoms with Gasteiger partial charge in [0.2, 0.25) is 5.88 Å². The van der Waals surface area contributed by atoms with Gasteiger partial charge < -0.3 is 19.9 Å². The fourth-order valence-corrected chi connectivity index (χ4v) is 2.24. The monoisotopic (exact) mass is 266 g/mol. The molecule has 0 atom stereocenters. The van der Waals surface area contributed by atoms with Crippen molar-refractivity contribution in [3.8, 4) is 5.88 Å². The Morgan fingerprint density at radius 2 is 2.05 bits per heavy atom. The van der Waals surface area contributed by atoms with E-state index in [1.54, 1.807) is 13.3 Å². The molecule has 0 saturated heterocycles. The summed E-state index contributed by atoms with van der Waals surface area (Å²) in [6.07, 6.45) is 5.44. The van der Waals surface area contributed by atoms with Gasteiger partial charge in [-0.05, 0) is 31.7 Å². The van der Waals surface area contributed by atoms with Crippen LogP contribution in [0.15, 0.2) is 18.3 Å². The lowest BCUT2D eigenvalue weighted by molar-refractivity contribution is 0.126. The average Bonchev–Trinajstić information content (AvgIpc) is 2.44. The first kappa shape index (κ1) is 14.1. The summed E-state index contributed by atoms with van der Waals surface area (Å²) in [6.45, 7) is 1.07. The minimum absolute atomic E-state index is 0.118. The van der Waals surface area contributed by atoms with E-state index in [9.17, 15) is 5.11 Å². The van der Waals surface area contributed by atoms with E-state index in [0.29, 0.717) is 25.1 Å². The van der Waals surface area contributed by atoms with Gasteiger partial charge in [-0.3, -0.25) is 0 Å². The number of methoxy groups -OCH3 is 1. The van der Waals surface area contributed by atoms with Crippen LogP contribution in [0.5, 0.6) is 5.88 Å². The predicted octanol–water partition coefficient (Wildman–Crippen LogP) is 1.82. The van der Waals surface area contributed by atoms with Crippen LogP contribution in [0.1, 0.15) is 25.7 Å². The largest absolute Gasteiger partial charge is 0.475 e. The highest BCUT2D eigenvalue weighted by Crippen LogP contribution is 2.22. The molecule has 5 nitrogen and oxygen atoms in total. The third kappa shape index (κ3) is 4.69. The first-order valence-electron chi connectivity index (χ1n) is 6.80. The van der Waals surface area contributed by atoms with Crippen LogP contribution in [0.2, 0.25) is 0 Å². The molecule has 2 N–H and O–H groups in total. The number of aromatic nitrogens is 1. The lowest BCUT2D eigenvalue weighted by atomic mass is 9.93. The Balaban J connectivity index is 1.78. The number of rotatable bonds is 6. The van der Waals surface area contributed by atoms with Gasteiger partial charge in [0.25, 0.3) is 0 Å². The second-order valence-electron chi connectivity index (χ2n) is 4.88. The summed E-state index contributed by atoms with van der Waals surface area (Å²) < 4.78 is 10.3. The van der Waals surface area contributed by atoms with Crippen LogP contribution in [0, 0.1) is 0 Å². The second kappa shape index (κ2) is 7.31. The van der Waals surface area contributed by atoms with Crippen LogP contribution in [-0.4, -0.2) is 42.6 Å². The fourth-order valence-electron chi connectivity index (χ4n) is 2.24. The average molecular weight is 266 g/mol. The Kier molecular flexibility index (Phi) is 5.42. The lowest BCUT2D eigenvalue weighted by Gasteiger charge is -2.26. The van der Waals surface area contributed by atoms with Gasteiger partial charge >= 0.3 is 0 Å². The maximum absolute atomic E-state index is 9.47. The highest BCUT2D eigenvalue weighted by Gasteiger charge is 2.18. The molecule has 0 unspecified atom stereocenters. The normalized spacial score (nSPS) is 23.1. The minimum Gasteiger partial charge on any atom is -0.475 e. The Morgan fingerprint density at radius 1 is 1.26 bits per heavy atom. The number of hydrogen-bond donors (Lipinski definition) is 2. The summed E-state index contributed by atoms with van der Waals surface area (Å²) in [7, 11) is 1.64. The molecule has 0 radical (unpaired) electrons. The lowest BCUT2D eigenvalue weighted by Crippen LogP contribution is -2.28. The van der Waals surface area contributed by atoms with Gasteiger partial charge in [-0.2, -0.15) is 0 Å². The molecule has 1 aliphatic carbocycles. The summed E-state index contributed by atoms with van der Waals surface area (Å²) in [6, 6.07) is 4.26. The van der Waals surface area contributed by atoms with Crippen LogP contribution >= 0.6 is 0 Å². The molecule has 1 aromatic heterocycles. The molecule has 1 saturated carbocycles. The first-order chi connectivity index (χ1) is 9.28. The molecule has 0 aliphatic heterocycles. The molecule has 0 spiro atoms. The Labute approximate surface area is 114 Å². The predicted molar refractivity (Wildman–Crippen MR) is 73.5 cm³/mol. The van der Waals surface area contributed by atoms with Gasteiger partial charge in [-0.25, -0.2) is 4.98 Å². The number of aliphatic hydroxyl groups is 1. The van der Waals surface area contributed by atoms with E-state index in [2.05, 4.69) is 10.3 Å². The van der Waals surface area contributed by atoms with Gasteiger partial charge in [-0.15, -0.1) is 0 Å². The molecule has 0 amide bonds. The Hall–Kier alpha value is -1.33. The third-order valence-corrected chi connectivity index (χ3v) is 3.34. The van der Waals surface area contributed by atoms with Gasteiger partial charge in [0, 0.05) is 19.2 Å². The summed E-state index contributed by atoms with van der Waals surface area (Å²) in [4.78, 5) is 4.24. The Morgan fingerprint density at radius 3 is 2.68 bits per heavy atom. The van der Waals surface area contributed by atoms with Crippen molar-refractivity contribution in [3.63, 3.8) is 0 Å². The quantitative estimate of drug-likeness (QED) is 0.769. The van der Waals surface area contributed by atoms with Crippen molar-refractivity contribution >= 4 is 5.69 Å². The highest BCUT2D eigenvalue weighted by molar-refractivity contribution is 5.43. The van der Waals surface area contributed by atoms with E-state index in [4.69, 9.17) is 9.47 Å². The van der Waals surface area contributed by atoms with E-state index in [0.717, 1.165) is 31.4 Å². The fraction of sp³-hybridized carbons (Fsp3) is 0.643. The zero-order valence-electron chi connectivity index (χ0n) is 11.3. The van der Waals surface area contributed by atoms with Crippen LogP contribution in [0.3, 0.4) is 0 Å². The van der Waals surface area contributed by atoms with Crippen molar-refractivity contribution in [2.24, 2.45) is 0 Å². The summed E-state index contributed by atoms with van der Waals surface area (Å²) >= 11 is 0. The third-order valence-electron chi connectivity index (χ3n) is 3.34. The van der Waals surface area contributed by atoms with E-state index >= 15 is 0 Å². The van der Waals surface area contributed by atoms with E-state index in [1.807, 2.05) is 12.1 Å². The number of anilines is 1. The van der Waals surface area contributed by atoms with Crippen molar-refractivity contribution in [1.82, 2.24) is 4.98 Å². The molecule has 19 heavy (non-hydrogen) atoms. The van der Waals surface area contributed by atoms with Crippen LogP contribution in [-0.2, 0) is 4.74 Å². The molecule has 5 heteroatoms. The van der Waals surface area contributed by atoms with E-state index in [1.165, 1.54) is 0 Å². The number of aliphatic hydroxyl groups excluding tert-OH is 1. The smallest absolute Gasteiger partial charge is 0.213 e. The minimum atomic E-state index is -0.118. The molecule has 0 bridgehead atoms. The van der Waals surface area contributed by atoms with Crippen molar-refractivity contribution in [2.45, 2.75) is 37.8 Å². The van der Waals surface area contributed by atoms with E-state index in [-0.39, 0.29) is 6.10 Å². The maximum atomic E-state index is 9.47. The van der Waals surface area contributed by atoms with Gasteiger partial charge in [0.15, 0.2) is 0 Å². The topological polar surface area (TPSA) is 63.6 Å². The zero-order chi connectivity index (χ0) is 13.5. The number of pyridine rings is 1. The molecule has 1 aliphatic rings. The second-order valence-corrected chi connectivity index (χ2v) is 4.88. The van der Waals surface area contributed by atoms with Crippen molar-refractivity contribution in [2.75, 3.05) is 25.6 Å². The highest BCUT2D eigenvalue weighted by atomic mass is 16.5. The molecule has 1 heterocycles. The van der Waals surface area contributed by atoms with Crippen LogP contribution in [0.25, 0.3) is 0 Å². The molecule has 106 valence electrons. The van der Waals surface area contributed by atoms with Crippen LogP contribution in [0.4, 0.5) is 5.69 Å². The van der Waals surface area contributed by atoms with Crippen molar-refractivity contribution < 1.29 is 14.6 Å². The standard InChI is InChI=1S/C14H22N2O3/c1-18-8-9-19-14-7-4-12(10-15-14)16-11-2-5-13(17)6-3-11/h4,7,10-11,13,16-17H,2-3,5-6,8-9H2,1H3. The SMILES string of the molecule is COCCOc1ccc(NC2CCC(O)CC2)cn1. The van der Waals surface area contributed by atoms with E-state index < -0.39 is 0 Å². The number of ether oxygens (including phenoxy) is 2. The number of nitrogens with zero attached hydrogens (tertiary/aromatic N) is 1. The molecule has 0 aromatic carbocycles. The van der Waals surface area contributed by atoms with Crippen LogP contribution < -0.4 is 10.1 Å². The maximum Gasteiger partial charge on any atom is 0.213 e. The van der Waals surface area contributed by atoms with Crippen molar-refractivity contribution in [1.29, 1.82) is 0 Å². The number of hydrogen-bond acceptors (Lipinski definition) is 5. The zero-order valence-corrected chi connectivity index (χ0v) is 11.3. The van der Waals surface area contributed by atoms with Gasteiger partial charge in [0.1, 0.15) is 6.61 Å². The molecule has 1 fully saturated rings. The summed E-state index contributed by atoms with van der Waals surface area (Å²) in [5.41, 5.74) is 1.00. The Bertz CT molecular complexity index is 361. The van der Waals surface area contributed by atoms with Gasteiger partial charge in [-0.1, -0.05) is 0 Å². The molecule has 1 aromatic rings. The van der Waals surface area contributed by atoms with Crippen molar-refractivity contribution in [3.05, 3.63) is 18.3 Å². The summed E-state index contributed by atoms with van der Waals surface area (Å²) in [5, 5.41) is 12.9. The first-order valence-corrected chi connectivity index (χ1v) is 6.80. The van der Waals surface area contributed by atoms with Gasteiger partial charge in [0.05, 0.1) is 24.6 Å². The molecular weight excluding hydrogens is 244 g/mol. The molecular formula is C14H22N2O3. The summed E-state index contributed by atoms with van der Waals surface area (Å²) in [5.74, 6) is 0.613.